The van der Waals surface area contributed by atoms with Crippen molar-refractivity contribution in [3.05, 3.63) is 0 Å². The largest absolute Gasteiger partial charge is 0.472 e. The quantitative estimate of drug-likeness (QED) is 0.0164. The monoisotopic (exact) mass is 970 g/mol. The molecule has 0 heterocycles. The molecule has 0 saturated heterocycles. The van der Waals surface area contributed by atoms with Crippen molar-refractivity contribution in [1.29, 1.82) is 0 Å². The standard InChI is InChI=1S/C41H81O19P3/c1-3-5-7-9-11-13-15-17-19-21-23-25-27-29-34(42)55-31-33(57-35(43)30-28-26-24-22-20-18-16-14-12-10-8-6-4-2)32-56-63(53,54)60-39-36(44)37(45)40(58-61(47,48)49)41(38(39)46)59-62(50,51)52/h33,36-41,44-46H,3-32H2,1-2H3,(H,53,54)(H2,47,48,49)(H2,50,51,52)/t33-,36?,37?,38?,39+,40?,41+/m1/s1. The highest BCUT2D eigenvalue weighted by Crippen LogP contribution is 2.51. The average molecular weight is 971 g/mol. The summed E-state index contributed by atoms with van der Waals surface area (Å²) in [7, 11) is -16.6. The van der Waals surface area contributed by atoms with Crippen LogP contribution in [0.3, 0.4) is 0 Å². The van der Waals surface area contributed by atoms with Crippen LogP contribution in [0.5, 0.6) is 0 Å². The van der Waals surface area contributed by atoms with Gasteiger partial charge in [-0.15, -0.1) is 0 Å². The van der Waals surface area contributed by atoms with Gasteiger partial charge in [0.2, 0.25) is 0 Å². The number of phosphoric ester groups is 3. The van der Waals surface area contributed by atoms with Crippen LogP contribution in [0.4, 0.5) is 0 Å². The maximum Gasteiger partial charge on any atom is 0.472 e. The van der Waals surface area contributed by atoms with Crippen LogP contribution in [0.2, 0.25) is 0 Å². The van der Waals surface area contributed by atoms with Gasteiger partial charge in [0.05, 0.1) is 6.61 Å². The lowest BCUT2D eigenvalue weighted by atomic mass is 9.85. The molecule has 0 aromatic heterocycles. The maximum atomic E-state index is 13.1. The first-order chi connectivity index (χ1) is 29.8. The number of aliphatic hydroxyl groups excluding tert-OH is 3. The minimum Gasteiger partial charge on any atom is -0.462 e. The fourth-order valence-corrected chi connectivity index (χ4v) is 9.50. The number of rotatable bonds is 40. The minimum atomic E-state index is -5.59. The molecule has 0 spiro atoms. The zero-order valence-electron chi connectivity index (χ0n) is 37.7. The SMILES string of the molecule is CCCCCCCCCCCCCCCC(=O)OC[C@H](COP(=O)(O)O[C@H]1C(O)C(O)C(OP(=O)(O)O)[C@@H](OP(=O)(O)O)C1O)OC(=O)CCCCCCCCCCCCCCC. The number of phosphoric acid groups is 3. The summed E-state index contributed by atoms with van der Waals surface area (Å²) < 4.78 is 65.4. The number of aliphatic hydroxyl groups is 3. The molecule has 5 unspecified atom stereocenters. The molecule has 1 fully saturated rings. The van der Waals surface area contributed by atoms with Gasteiger partial charge in [-0.25, -0.2) is 13.7 Å². The predicted octanol–water partition coefficient (Wildman–Crippen LogP) is 7.96. The number of unbranched alkanes of at least 4 members (excludes halogenated alkanes) is 24. The van der Waals surface area contributed by atoms with E-state index in [0.717, 1.165) is 51.4 Å². The summed E-state index contributed by atoms with van der Waals surface area (Å²) in [5.74, 6) is -1.28. The van der Waals surface area contributed by atoms with Gasteiger partial charge in [0.1, 0.15) is 43.2 Å². The highest BCUT2D eigenvalue weighted by Gasteiger charge is 2.56. The summed E-state index contributed by atoms with van der Waals surface area (Å²) in [6.07, 6.45) is 12.7. The van der Waals surface area contributed by atoms with Gasteiger partial charge in [-0.3, -0.25) is 27.7 Å². The molecule has 0 aromatic rings. The molecular formula is C41H81O19P3. The van der Waals surface area contributed by atoms with Crippen LogP contribution < -0.4 is 0 Å². The zero-order chi connectivity index (χ0) is 47.2. The van der Waals surface area contributed by atoms with E-state index in [4.69, 9.17) is 18.5 Å². The van der Waals surface area contributed by atoms with Gasteiger partial charge in [0.25, 0.3) is 0 Å². The average Bonchev–Trinajstić information content (AvgIpc) is 3.20. The molecule has 63 heavy (non-hydrogen) atoms. The van der Waals surface area contributed by atoms with Crippen molar-refractivity contribution in [2.75, 3.05) is 13.2 Å². The normalized spacial score (nSPS) is 22.1. The first-order valence-corrected chi connectivity index (χ1v) is 27.9. The van der Waals surface area contributed by atoms with E-state index >= 15 is 0 Å². The molecule has 19 nitrogen and oxygen atoms in total. The van der Waals surface area contributed by atoms with Crippen LogP contribution in [-0.2, 0) is 50.9 Å². The van der Waals surface area contributed by atoms with E-state index in [2.05, 4.69) is 22.9 Å². The zero-order valence-corrected chi connectivity index (χ0v) is 40.3. The van der Waals surface area contributed by atoms with Crippen LogP contribution in [0, 0.1) is 0 Å². The van der Waals surface area contributed by atoms with Crippen LogP contribution in [-0.4, -0.2) is 108 Å². The van der Waals surface area contributed by atoms with E-state index in [1.54, 1.807) is 0 Å². The molecule has 374 valence electrons. The van der Waals surface area contributed by atoms with E-state index in [1.165, 1.54) is 103 Å². The smallest absolute Gasteiger partial charge is 0.462 e. The van der Waals surface area contributed by atoms with Crippen molar-refractivity contribution in [2.45, 2.75) is 236 Å². The summed E-state index contributed by atoms with van der Waals surface area (Å²) in [6.45, 7) is 2.94. The summed E-state index contributed by atoms with van der Waals surface area (Å²) in [5, 5.41) is 31.8. The van der Waals surface area contributed by atoms with E-state index in [-0.39, 0.29) is 12.8 Å². The third-order valence-corrected chi connectivity index (χ3v) is 12.9. The molecule has 22 heteroatoms. The van der Waals surface area contributed by atoms with E-state index in [0.29, 0.717) is 12.8 Å². The van der Waals surface area contributed by atoms with E-state index < -0.39 is 91.3 Å². The van der Waals surface area contributed by atoms with E-state index in [1.807, 2.05) is 0 Å². The molecule has 0 aromatic carbocycles. The Morgan fingerprint density at radius 3 is 1.16 bits per heavy atom. The summed E-state index contributed by atoms with van der Waals surface area (Å²) in [6, 6.07) is 0. The summed E-state index contributed by atoms with van der Waals surface area (Å²) in [5.41, 5.74) is 0. The first-order valence-electron chi connectivity index (χ1n) is 23.3. The molecule has 0 aliphatic heterocycles. The molecule has 1 rings (SSSR count). The Morgan fingerprint density at radius 2 is 0.778 bits per heavy atom. The van der Waals surface area contributed by atoms with Crippen LogP contribution >= 0.6 is 23.5 Å². The van der Waals surface area contributed by atoms with Crippen LogP contribution in [0.25, 0.3) is 0 Å². The number of carbonyl (C=O) groups excluding carboxylic acids is 2. The first kappa shape index (κ1) is 60.2. The highest BCUT2D eigenvalue weighted by atomic mass is 31.2. The van der Waals surface area contributed by atoms with Crippen LogP contribution in [0.1, 0.15) is 194 Å². The summed E-state index contributed by atoms with van der Waals surface area (Å²) in [4.78, 5) is 73.1. The fourth-order valence-electron chi connectivity index (χ4n) is 7.41. The van der Waals surface area contributed by atoms with Crippen molar-refractivity contribution >= 4 is 35.4 Å². The Balaban J connectivity index is 2.74. The topological polar surface area (TPSA) is 303 Å². The van der Waals surface area contributed by atoms with Crippen LogP contribution in [0.15, 0.2) is 0 Å². The second-order valence-corrected chi connectivity index (χ2v) is 20.5. The lowest BCUT2D eigenvalue weighted by Crippen LogP contribution is -2.65. The third-order valence-electron chi connectivity index (χ3n) is 10.9. The second-order valence-electron chi connectivity index (χ2n) is 16.7. The third kappa shape index (κ3) is 30.9. The lowest BCUT2D eigenvalue weighted by molar-refractivity contribution is -0.213. The van der Waals surface area contributed by atoms with Gasteiger partial charge < -0.3 is 49.3 Å². The number of ether oxygens (including phenoxy) is 2. The fraction of sp³-hybridized carbons (Fsp3) is 0.951. The van der Waals surface area contributed by atoms with Crippen molar-refractivity contribution in [2.24, 2.45) is 0 Å². The molecule has 0 amide bonds. The predicted molar refractivity (Wildman–Crippen MR) is 234 cm³/mol. The number of carbonyl (C=O) groups is 2. The number of hydrogen-bond donors (Lipinski definition) is 8. The summed E-state index contributed by atoms with van der Waals surface area (Å²) >= 11 is 0. The van der Waals surface area contributed by atoms with Crippen molar-refractivity contribution in [3.8, 4) is 0 Å². The Bertz CT molecular complexity index is 1350. The van der Waals surface area contributed by atoms with Gasteiger partial charge in [-0.2, -0.15) is 0 Å². The second kappa shape index (κ2) is 34.4. The molecule has 8 N–H and O–H groups in total. The molecule has 0 radical (unpaired) electrons. The minimum absolute atomic E-state index is 0.00556. The van der Waals surface area contributed by atoms with Gasteiger partial charge in [0, 0.05) is 12.8 Å². The van der Waals surface area contributed by atoms with Crippen molar-refractivity contribution in [1.82, 2.24) is 0 Å². The Morgan fingerprint density at radius 1 is 0.444 bits per heavy atom. The molecule has 1 saturated carbocycles. The van der Waals surface area contributed by atoms with E-state index in [9.17, 15) is 63.1 Å². The maximum absolute atomic E-state index is 13.1. The molecule has 8 atom stereocenters. The highest BCUT2D eigenvalue weighted by molar-refractivity contribution is 7.47. The van der Waals surface area contributed by atoms with Crippen molar-refractivity contribution in [3.63, 3.8) is 0 Å². The molecular weight excluding hydrogens is 889 g/mol. The van der Waals surface area contributed by atoms with Gasteiger partial charge in [-0.05, 0) is 12.8 Å². The number of hydrogen-bond acceptors (Lipinski definition) is 14. The Labute approximate surface area is 374 Å². The lowest BCUT2D eigenvalue weighted by Gasteiger charge is -2.44. The van der Waals surface area contributed by atoms with Gasteiger partial charge in [-0.1, -0.05) is 168 Å². The molecule has 1 aliphatic rings. The van der Waals surface area contributed by atoms with Gasteiger partial charge >= 0.3 is 35.4 Å². The van der Waals surface area contributed by atoms with Crippen molar-refractivity contribution < 1.29 is 90.6 Å². The number of esters is 2. The Kier molecular flexibility index (Phi) is 32.9. The Hall–Kier alpha value is -0.850. The molecule has 0 bridgehead atoms. The molecule has 1 aliphatic carbocycles. The van der Waals surface area contributed by atoms with Gasteiger partial charge in [0.15, 0.2) is 6.10 Å².